The van der Waals surface area contributed by atoms with Crippen molar-refractivity contribution < 1.29 is 9.53 Å². The van der Waals surface area contributed by atoms with Crippen LogP contribution in [0.5, 0.6) is 0 Å². The van der Waals surface area contributed by atoms with Crippen LogP contribution in [-0.2, 0) is 11.3 Å². The smallest absolute Gasteiger partial charge is 0.410 e. The number of hydrogen-bond donors (Lipinski definition) is 1. The Labute approximate surface area is 231 Å². The summed E-state index contributed by atoms with van der Waals surface area (Å²) in [5, 5.41) is 4.38. The van der Waals surface area contributed by atoms with E-state index in [-0.39, 0.29) is 23.5 Å². The van der Waals surface area contributed by atoms with E-state index >= 15 is 0 Å². The summed E-state index contributed by atoms with van der Waals surface area (Å²) >= 11 is 13.1. The fraction of sp³-hybridized carbons (Fsp3) is 0.607. The van der Waals surface area contributed by atoms with Crippen LogP contribution in [0.15, 0.2) is 18.3 Å². The Hall–Kier alpha value is -2.09. The first kappa shape index (κ1) is 29.5. The minimum Gasteiger partial charge on any atom is -0.444 e. The predicted octanol–water partition coefficient (Wildman–Crippen LogP) is 7.43. The van der Waals surface area contributed by atoms with Gasteiger partial charge < -0.3 is 15.0 Å². The molecule has 1 atom stereocenters. The van der Waals surface area contributed by atoms with Gasteiger partial charge in [0.05, 0.1) is 22.4 Å². The molecule has 9 heteroatoms. The molecular formula is C28H41Cl2N5O2. The molecule has 1 amide bonds. The number of nitrogens with one attached hydrogen (secondary N) is 1. The minimum absolute atomic E-state index is 0.0281. The summed E-state index contributed by atoms with van der Waals surface area (Å²) in [7, 11) is 0. The number of anilines is 2. The van der Waals surface area contributed by atoms with Crippen LogP contribution < -0.4 is 5.32 Å². The van der Waals surface area contributed by atoms with Gasteiger partial charge in [0.25, 0.3) is 0 Å². The van der Waals surface area contributed by atoms with Crippen molar-refractivity contribution in [3.8, 4) is 0 Å². The zero-order chi connectivity index (χ0) is 27.7. The van der Waals surface area contributed by atoms with Crippen LogP contribution in [-0.4, -0.2) is 57.1 Å². The van der Waals surface area contributed by atoms with E-state index in [0.29, 0.717) is 42.2 Å². The second-order valence-corrected chi connectivity index (χ2v) is 13.0. The molecule has 0 aromatic carbocycles. The molecule has 1 saturated heterocycles. The van der Waals surface area contributed by atoms with Gasteiger partial charge in [0.1, 0.15) is 16.6 Å². The third-order valence-corrected chi connectivity index (χ3v) is 7.02. The van der Waals surface area contributed by atoms with Crippen LogP contribution in [0, 0.1) is 12.3 Å². The number of hydrogen-bond acceptors (Lipinski definition) is 6. The molecule has 0 aliphatic carbocycles. The van der Waals surface area contributed by atoms with Crippen molar-refractivity contribution in [3.05, 3.63) is 45.3 Å². The molecule has 1 fully saturated rings. The summed E-state index contributed by atoms with van der Waals surface area (Å²) in [5.41, 5.74) is 3.13. The number of carbonyl (C=O) groups is 1. The number of aryl methyl sites for hydroxylation is 1. The fourth-order valence-electron chi connectivity index (χ4n) is 4.55. The van der Waals surface area contributed by atoms with Gasteiger partial charge in [-0.1, -0.05) is 57.8 Å². The standard InChI is InChI=1S/C28H41Cl2N5O2/c1-17(2)23-24(18(3)10-11-31-23)33-25-19(20(29)14-22(30)32-25)15-34-12-13-35(21(16-34)27(4,5)6)26(36)37-28(7,8)9/h10-11,14,17,21H,12-13,15-16H2,1-9H3,(H,32,33)/t21-/m0/s1. The zero-order valence-corrected chi connectivity index (χ0v) is 25.1. The Bertz CT molecular complexity index is 1120. The highest BCUT2D eigenvalue weighted by atomic mass is 35.5. The van der Waals surface area contributed by atoms with Crippen LogP contribution in [0.4, 0.5) is 16.3 Å². The van der Waals surface area contributed by atoms with Gasteiger partial charge in [-0.2, -0.15) is 0 Å². The molecule has 204 valence electrons. The van der Waals surface area contributed by atoms with Crippen LogP contribution in [0.25, 0.3) is 0 Å². The third kappa shape index (κ3) is 7.49. The molecule has 2 aromatic rings. The lowest BCUT2D eigenvalue weighted by molar-refractivity contribution is -0.0244. The quantitative estimate of drug-likeness (QED) is 0.391. The second kappa shape index (κ2) is 11.3. The topological polar surface area (TPSA) is 70.6 Å². The maximum absolute atomic E-state index is 13.0. The molecule has 0 unspecified atom stereocenters. The molecule has 2 aromatic heterocycles. The lowest BCUT2D eigenvalue weighted by Gasteiger charge is -2.47. The van der Waals surface area contributed by atoms with Gasteiger partial charge in [-0.15, -0.1) is 0 Å². The molecule has 3 rings (SSSR count). The van der Waals surface area contributed by atoms with Crippen molar-refractivity contribution in [2.45, 2.75) is 86.4 Å². The van der Waals surface area contributed by atoms with Gasteiger partial charge in [-0.05, 0) is 56.7 Å². The minimum atomic E-state index is -0.543. The van der Waals surface area contributed by atoms with Crippen molar-refractivity contribution in [2.75, 3.05) is 25.0 Å². The summed E-state index contributed by atoms with van der Waals surface area (Å²) in [5.74, 6) is 0.853. The Kier molecular flexibility index (Phi) is 9.03. The number of piperazine rings is 1. The van der Waals surface area contributed by atoms with Crippen LogP contribution in [0.2, 0.25) is 10.2 Å². The zero-order valence-electron chi connectivity index (χ0n) is 23.6. The number of carbonyl (C=O) groups excluding carboxylic acids is 1. The van der Waals surface area contributed by atoms with E-state index < -0.39 is 5.60 Å². The highest BCUT2D eigenvalue weighted by molar-refractivity contribution is 6.34. The molecule has 0 bridgehead atoms. The van der Waals surface area contributed by atoms with Crippen molar-refractivity contribution >= 4 is 40.8 Å². The Morgan fingerprint density at radius 3 is 2.46 bits per heavy atom. The summed E-state index contributed by atoms with van der Waals surface area (Å²) in [4.78, 5) is 26.4. The third-order valence-electron chi connectivity index (χ3n) is 6.49. The number of pyridine rings is 2. The lowest BCUT2D eigenvalue weighted by atomic mass is 9.84. The summed E-state index contributed by atoms with van der Waals surface area (Å²) < 4.78 is 5.72. The molecule has 7 nitrogen and oxygen atoms in total. The number of amides is 1. The van der Waals surface area contributed by atoms with E-state index in [4.69, 9.17) is 27.9 Å². The van der Waals surface area contributed by atoms with E-state index in [1.807, 2.05) is 44.9 Å². The van der Waals surface area contributed by atoms with Gasteiger partial charge in [0.15, 0.2) is 0 Å². The highest BCUT2D eigenvalue weighted by Gasteiger charge is 2.40. The molecule has 0 saturated carbocycles. The van der Waals surface area contributed by atoms with Crippen molar-refractivity contribution in [2.24, 2.45) is 5.41 Å². The number of aromatic nitrogens is 2. The van der Waals surface area contributed by atoms with Gasteiger partial charge in [0, 0.05) is 37.9 Å². The van der Waals surface area contributed by atoms with Crippen LogP contribution in [0.1, 0.15) is 78.1 Å². The number of nitrogens with zero attached hydrogens (tertiary/aromatic N) is 4. The fourth-order valence-corrected chi connectivity index (χ4v) is 5.05. The van der Waals surface area contributed by atoms with Crippen LogP contribution in [0.3, 0.4) is 0 Å². The molecular weight excluding hydrogens is 509 g/mol. The van der Waals surface area contributed by atoms with Gasteiger partial charge >= 0.3 is 6.09 Å². The SMILES string of the molecule is Cc1ccnc(C(C)C)c1Nc1nc(Cl)cc(Cl)c1CN1CCN(C(=O)OC(C)(C)C)[C@H](C(C)(C)C)C1. The first-order chi connectivity index (χ1) is 17.1. The molecule has 1 aliphatic rings. The largest absolute Gasteiger partial charge is 0.444 e. The van der Waals surface area contributed by atoms with Crippen molar-refractivity contribution in [1.82, 2.24) is 19.8 Å². The number of rotatable bonds is 5. The molecule has 1 aliphatic heterocycles. The van der Waals surface area contributed by atoms with E-state index in [1.54, 1.807) is 6.07 Å². The average molecular weight is 551 g/mol. The molecule has 0 radical (unpaired) electrons. The van der Waals surface area contributed by atoms with Crippen LogP contribution >= 0.6 is 23.2 Å². The first-order valence-electron chi connectivity index (χ1n) is 12.9. The normalized spacial score (nSPS) is 17.3. The van der Waals surface area contributed by atoms with E-state index in [9.17, 15) is 4.79 Å². The molecule has 0 spiro atoms. The Balaban J connectivity index is 1.90. The Morgan fingerprint density at radius 1 is 1.19 bits per heavy atom. The first-order valence-corrected chi connectivity index (χ1v) is 13.6. The summed E-state index contributed by atoms with van der Waals surface area (Å²) in [6, 6.07) is 3.63. The maximum Gasteiger partial charge on any atom is 0.410 e. The van der Waals surface area contributed by atoms with Gasteiger partial charge in [0.2, 0.25) is 0 Å². The molecule has 1 N–H and O–H groups in total. The number of ether oxygens (including phenoxy) is 1. The van der Waals surface area contributed by atoms with Crippen molar-refractivity contribution in [3.63, 3.8) is 0 Å². The summed E-state index contributed by atoms with van der Waals surface area (Å²) in [6.45, 7) is 20.9. The Morgan fingerprint density at radius 2 is 1.86 bits per heavy atom. The maximum atomic E-state index is 13.0. The number of halogens is 2. The van der Waals surface area contributed by atoms with E-state index in [2.05, 4.69) is 54.8 Å². The van der Waals surface area contributed by atoms with Gasteiger partial charge in [-0.25, -0.2) is 9.78 Å². The van der Waals surface area contributed by atoms with Crippen molar-refractivity contribution in [1.29, 1.82) is 0 Å². The molecule has 37 heavy (non-hydrogen) atoms. The molecule has 3 heterocycles. The second-order valence-electron chi connectivity index (χ2n) is 12.2. The lowest BCUT2D eigenvalue weighted by Crippen LogP contribution is -2.60. The monoisotopic (exact) mass is 549 g/mol. The highest BCUT2D eigenvalue weighted by Crippen LogP contribution is 2.35. The summed E-state index contributed by atoms with van der Waals surface area (Å²) in [6.07, 6.45) is 1.56. The predicted molar refractivity (Wildman–Crippen MR) is 152 cm³/mol. The van der Waals surface area contributed by atoms with E-state index in [1.165, 1.54) is 0 Å². The average Bonchev–Trinajstić information content (AvgIpc) is 2.75. The van der Waals surface area contributed by atoms with Gasteiger partial charge in [-0.3, -0.25) is 9.88 Å². The van der Waals surface area contributed by atoms with E-state index in [0.717, 1.165) is 22.5 Å².